The summed E-state index contributed by atoms with van der Waals surface area (Å²) in [6, 6.07) is 4.71. The van der Waals surface area contributed by atoms with Gasteiger partial charge in [-0.1, -0.05) is 11.6 Å². The summed E-state index contributed by atoms with van der Waals surface area (Å²) in [5, 5.41) is 1.19. The highest BCUT2D eigenvalue weighted by atomic mass is 35.5. The molecule has 0 aliphatic carbocycles. The number of fused-ring (bicyclic) bond motifs is 1. The SMILES string of the molecule is CC(=O)N1CCC[C@H](C(=O)OCc2cc(=O)oc3cc(C)c(Cl)cc23)C1. The number of rotatable bonds is 3. The van der Waals surface area contributed by atoms with Gasteiger partial charge in [-0.25, -0.2) is 4.79 Å². The predicted molar refractivity (Wildman–Crippen MR) is 97.0 cm³/mol. The second kappa shape index (κ2) is 7.50. The normalized spacial score (nSPS) is 17.3. The molecule has 0 N–H and O–H groups in total. The van der Waals surface area contributed by atoms with Crippen molar-refractivity contribution < 1.29 is 18.7 Å². The van der Waals surface area contributed by atoms with Crippen molar-refractivity contribution >= 4 is 34.4 Å². The molecule has 0 unspecified atom stereocenters. The summed E-state index contributed by atoms with van der Waals surface area (Å²) >= 11 is 6.16. The van der Waals surface area contributed by atoms with Gasteiger partial charge < -0.3 is 14.1 Å². The van der Waals surface area contributed by atoms with E-state index in [0.29, 0.717) is 41.1 Å². The molecular formula is C19H20ClNO5. The van der Waals surface area contributed by atoms with Gasteiger partial charge in [0, 0.05) is 42.1 Å². The number of amides is 1. The fraction of sp³-hybridized carbons (Fsp3) is 0.421. The maximum absolute atomic E-state index is 12.4. The summed E-state index contributed by atoms with van der Waals surface area (Å²) in [5.41, 5.74) is 1.24. The van der Waals surface area contributed by atoms with E-state index in [0.717, 1.165) is 12.0 Å². The molecule has 1 aliphatic heterocycles. The van der Waals surface area contributed by atoms with Crippen molar-refractivity contribution in [1.29, 1.82) is 0 Å². The van der Waals surface area contributed by atoms with Crippen molar-refractivity contribution in [3.05, 3.63) is 44.8 Å². The van der Waals surface area contributed by atoms with Crippen LogP contribution in [0.15, 0.2) is 27.4 Å². The molecular weight excluding hydrogens is 358 g/mol. The molecule has 2 aromatic rings. The van der Waals surface area contributed by atoms with Gasteiger partial charge in [-0.05, 0) is 37.5 Å². The molecule has 0 saturated carbocycles. The fourth-order valence-electron chi connectivity index (χ4n) is 3.19. The number of ether oxygens (including phenoxy) is 1. The van der Waals surface area contributed by atoms with Crippen LogP contribution >= 0.6 is 11.6 Å². The van der Waals surface area contributed by atoms with Crippen LogP contribution in [0.2, 0.25) is 5.02 Å². The Morgan fingerprint density at radius 1 is 1.35 bits per heavy atom. The van der Waals surface area contributed by atoms with Gasteiger partial charge in [0.1, 0.15) is 12.2 Å². The van der Waals surface area contributed by atoms with Crippen LogP contribution in [0.3, 0.4) is 0 Å². The van der Waals surface area contributed by atoms with Gasteiger partial charge in [0.15, 0.2) is 0 Å². The van der Waals surface area contributed by atoms with Gasteiger partial charge in [0.25, 0.3) is 0 Å². The first-order chi connectivity index (χ1) is 12.3. The van der Waals surface area contributed by atoms with E-state index in [1.165, 1.54) is 13.0 Å². The Hall–Kier alpha value is -2.34. The van der Waals surface area contributed by atoms with Crippen LogP contribution in [0.5, 0.6) is 0 Å². The van der Waals surface area contributed by atoms with Crippen molar-refractivity contribution in [3.8, 4) is 0 Å². The van der Waals surface area contributed by atoms with Crippen LogP contribution < -0.4 is 5.63 Å². The molecule has 0 bridgehead atoms. The summed E-state index contributed by atoms with van der Waals surface area (Å²) < 4.78 is 10.6. The number of piperidine rings is 1. The van der Waals surface area contributed by atoms with Gasteiger partial charge in [0.05, 0.1) is 5.92 Å². The quantitative estimate of drug-likeness (QED) is 0.607. The third-order valence-electron chi connectivity index (χ3n) is 4.68. The number of carbonyl (C=O) groups is 2. The summed E-state index contributed by atoms with van der Waals surface area (Å²) in [6.07, 6.45) is 1.46. The highest BCUT2D eigenvalue weighted by Crippen LogP contribution is 2.26. The van der Waals surface area contributed by atoms with Crippen LogP contribution in [0.4, 0.5) is 0 Å². The lowest BCUT2D eigenvalue weighted by molar-refractivity contribution is -0.152. The lowest BCUT2D eigenvalue weighted by Crippen LogP contribution is -2.41. The predicted octanol–water partition coefficient (Wildman–Crippen LogP) is 3.06. The Bertz CT molecular complexity index is 920. The Kier molecular flexibility index (Phi) is 5.32. The highest BCUT2D eigenvalue weighted by molar-refractivity contribution is 6.32. The Morgan fingerprint density at radius 3 is 2.85 bits per heavy atom. The van der Waals surface area contributed by atoms with E-state index < -0.39 is 5.63 Å². The summed E-state index contributed by atoms with van der Waals surface area (Å²) in [4.78, 5) is 37.3. The maximum Gasteiger partial charge on any atom is 0.336 e. The van der Waals surface area contributed by atoms with E-state index >= 15 is 0 Å². The number of aryl methyl sites for hydroxylation is 1. The zero-order valence-corrected chi connectivity index (χ0v) is 15.5. The fourth-order valence-corrected chi connectivity index (χ4v) is 3.35. The highest BCUT2D eigenvalue weighted by Gasteiger charge is 2.28. The van der Waals surface area contributed by atoms with Gasteiger partial charge in [-0.2, -0.15) is 0 Å². The molecule has 7 heteroatoms. The first-order valence-corrected chi connectivity index (χ1v) is 8.88. The van der Waals surface area contributed by atoms with E-state index in [2.05, 4.69) is 0 Å². The van der Waals surface area contributed by atoms with Crippen LogP contribution in [-0.4, -0.2) is 29.9 Å². The number of esters is 1. The first kappa shape index (κ1) is 18.5. The zero-order chi connectivity index (χ0) is 18.8. The number of nitrogens with zero attached hydrogens (tertiary/aromatic N) is 1. The maximum atomic E-state index is 12.4. The molecule has 1 atom stereocenters. The molecule has 1 fully saturated rings. The lowest BCUT2D eigenvalue weighted by atomic mass is 9.98. The molecule has 1 aromatic carbocycles. The molecule has 0 spiro atoms. The van der Waals surface area contributed by atoms with E-state index in [4.69, 9.17) is 20.8 Å². The smallest absolute Gasteiger partial charge is 0.336 e. The zero-order valence-electron chi connectivity index (χ0n) is 14.7. The van der Waals surface area contributed by atoms with E-state index in [-0.39, 0.29) is 24.4 Å². The first-order valence-electron chi connectivity index (χ1n) is 8.50. The molecule has 138 valence electrons. The molecule has 6 nitrogen and oxygen atoms in total. The molecule has 1 amide bonds. The Morgan fingerprint density at radius 2 is 2.12 bits per heavy atom. The van der Waals surface area contributed by atoms with Gasteiger partial charge in [0.2, 0.25) is 5.91 Å². The molecule has 3 rings (SSSR count). The van der Waals surface area contributed by atoms with Gasteiger partial charge in [-0.3, -0.25) is 9.59 Å². The second-order valence-electron chi connectivity index (χ2n) is 6.60. The Labute approximate surface area is 155 Å². The van der Waals surface area contributed by atoms with Crippen LogP contribution in [0, 0.1) is 12.8 Å². The summed E-state index contributed by atoms with van der Waals surface area (Å²) in [6.45, 7) is 4.31. The summed E-state index contributed by atoms with van der Waals surface area (Å²) in [5.74, 6) is -0.750. The number of carbonyl (C=O) groups excluding carboxylic acids is 2. The van der Waals surface area contributed by atoms with E-state index in [9.17, 15) is 14.4 Å². The molecule has 26 heavy (non-hydrogen) atoms. The van der Waals surface area contributed by atoms with Crippen LogP contribution in [-0.2, 0) is 20.9 Å². The topological polar surface area (TPSA) is 76.8 Å². The minimum atomic E-state index is -0.509. The number of hydrogen-bond acceptors (Lipinski definition) is 5. The van der Waals surface area contributed by atoms with Crippen LogP contribution in [0.1, 0.15) is 30.9 Å². The third-order valence-corrected chi connectivity index (χ3v) is 5.09. The molecule has 0 radical (unpaired) electrons. The molecule has 1 aliphatic rings. The van der Waals surface area contributed by atoms with Crippen molar-refractivity contribution in [2.75, 3.05) is 13.1 Å². The monoisotopic (exact) mass is 377 g/mol. The second-order valence-corrected chi connectivity index (χ2v) is 7.01. The number of hydrogen-bond donors (Lipinski definition) is 0. The summed E-state index contributed by atoms with van der Waals surface area (Å²) in [7, 11) is 0. The van der Waals surface area contributed by atoms with Crippen molar-refractivity contribution in [2.45, 2.75) is 33.3 Å². The largest absolute Gasteiger partial charge is 0.461 e. The van der Waals surface area contributed by atoms with Crippen molar-refractivity contribution in [3.63, 3.8) is 0 Å². The van der Waals surface area contributed by atoms with Crippen molar-refractivity contribution in [1.82, 2.24) is 4.90 Å². The lowest BCUT2D eigenvalue weighted by Gasteiger charge is -2.30. The minimum absolute atomic E-state index is 0.0424. The van der Waals surface area contributed by atoms with Gasteiger partial charge >= 0.3 is 11.6 Å². The molecule has 1 aromatic heterocycles. The average Bonchev–Trinajstić information content (AvgIpc) is 2.61. The van der Waals surface area contributed by atoms with E-state index in [1.54, 1.807) is 17.0 Å². The standard InChI is InChI=1S/C19H20ClNO5/c1-11-6-17-15(8-16(11)20)14(7-18(23)26-17)10-25-19(24)13-4-3-5-21(9-13)12(2)22/h6-8,13H,3-5,9-10H2,1-2H3/t13-/m0/s1. The molecule has 2 heterocycles. The number of benzene rings is 1. The average molecular weight is 378 g/mol. The van der Waals surface area contributed by atoms with Crippen molar-refractivity contribution in [2.24, 2.45) is 5.92 Å². The molecule has 1 saturated heterocycles. The number of likely N-dealkylation sites (tertiary alicyclic amines) is 1. The third kappa shape index (κ3) is 3.90. The van der Waals surface area contributed by atoms with E-state index in [1.807, 2.05) is 6.92 Å². The minimum Gasteiger partial charge on any atom is -0.461 e. The van der Waals surface area contributed by atoms with Crippen LogP contribution in [0.25, 0.3) is 11.0 Å². The number of halogens is 1. The van der Waals surface area contributed by atoms with Gasteiger partial charge in [-0.15, -0.1) is 0 Å². The Balaban J connectivity index is 1.77.